The Kier molecular flexibility index (Phi) is 5.79. The van der Waals surface area contributed by atoms with Crippen molar-refractivity contribution in [3.8, 4) is 0 Å². The minimum atomic E-state index is -0.913. The summed E-state index contributed by atoms with van der Waals surface area (Å²) in [6.45, 7) is 2.19. The Bertz CT molecular complexity index is 355. The molecule has 0 bridgehead atoms. The fourth-order valence-electron chi connectivity index (χ4n) is 2.56. The maximum absolute atomic E-state index is 12.0. The molecule has 6 heteroatoms. The zero-order valence-electron chi connectivity index (χ0n) is 11.3. The van der Waals surface area contributed by atoms with Crippen molar-refractivity contribution in [2.24, 2.45) is 17.8 Å². The Morgan fingerprint density at radius 1 is 1.26 bits per heavy atom. The number of esters is 1. The molecule has 108 valence electrons. The third kappa shape index (κ3) is 4.22. The topological polar surface area (TPSA) is 92.7 Å². The number of carbonyl (C=O) groups is 3. The second-order valence-corrected chi connectivity index (χ2v) is 4.91. The highest BCUT2D eigenvalue weighted by atomic mass is 16.5. The number of aliphatic carboxylic acids is 1. The molecule has 0 radical (unpaired) electrons. The van der Waals surface area contributed by atoms with Crippen LogP contribution in [0.3, 0.4) is 0 Å². The molecule has 1 amide bonds. The largest absolute Gasteiger partial charge is 0.481 e. The molecule has 3 atom stereocenters. The van der Waals surface area contributed by atoms with Gasteiger partial charge in [0.2, 0.25) is 5.91 Å². The summed E-state index contributed by atoms with van der Waals surface area (Å²) in [5.74, 6) is -2.38. The average Bonchev–Trinajstić information content (AvgIpc) is 2.82. The van der Waals surface area contributed by atoms with Gasteiger partial charge in [0.1, 0.15) is 0 Å². The Balaban J connectivity index is 2.49. The summed E-state index contributed by atoms with van der Waals surface area (Å²) in [7, 11) is 1.29. The van der Waals surface area contributed by atoms with Gasteiger partial charge in [-0.25, -0.2) is 0 Å². The van der Waals surface area contributed by atoms with Gasteiger partial charge >= 0.3 is 11.9 Å². The van der Waals surface area contributed by atoms with Crippen LogP contribution in [0.5, 0.6) is 0 Å². The van der Waals surface area contributed by atoms with Crippen LogP contribution in [0.1, 0.15) is 32.6 Å². The molecule has 1 saturated carbocycles. The number of hydrogen-bond acceptors (Lipinski definition) is 4. The van der Waals surface area contributed by atoms with Gasteiger partial charge in [-0.2, -0.15) is 0 Å². The molecule has 1 rings (SSSR count). The summed E-state index contributed by atoms with van der Waals surface area (Å²) in [5, 5.41) is 11.8. The van der Waals surface area contributed by atoms with E-state index in [0.717, 1.165) is 6.42 Å². The molecule has 0 aliphatic heterocycles. The quantitative estimate of drug-likeness (QED) is 0.697. The maximum Gasteiger partial charge on any atom is 0.307 e. The molecule has 0 aromatic rings. The maximum atomic E-state index is 12.0. The van der Waals surface area contributed by atoms with E-state index in [1.807, 2.05) is 6.92 Å². The van der Waals surface area contributed by atoms with Crippen molar-refractivity contribution in [3.05, 3.63) is 0 Å². The summed E-state index contributed by atoms with van der Waals surface area (Å²) in [5.41, 5.74) is 0. The fraction of sp³-hybridized carbons (Fsp3) is 0.769. The molecule has 0 saturated heterocycles. The molecule has 1 unspecified atom stereocenters. The van der Waals surface area contributed by atoms with Crippen LogP contribution in [-0.4, -0.2) is 36.6 Å². The number of carboxylic acid groups (broad SMARTS) is 1. The van der Waals surface area contributed by atoms with Gasteiger partial charge in [0.15, 0.2) is 0 Å². The van der Waals surface area contributed by atoms with Crippen molar-refractivity contribution in [2.45, 2.75) is 32.6 Å². The highest BCUT2D eigenvalue weighted by Crippen LogP contribution is 2.38. The molecule has 0 spiro atoms. The van der Waals surface area contributed by atoms with E-state index in [9.17, 15) is 14.4 Å². The number of rotatable bonds is 6. The van der Waals surface area contributed by atoms with Crippen molar-refractivity contribution >= 4 is 17.8 Å². The highest BCUT2D eigenvalue weighted by Gasteiger charge is 2.41. The van der Waals surface area contributed by atoms with Crippen molar-refractivity contribution in [2.75, 3.05) is 13.7 Å². The minimum Gasteiger partial charge on any atom is -0.481 e. The molecule has 0 aromatic heterocycles. The third-order valence-electron chi connectivity index (χ3n) is 3.75. The molecule has 19 heavy (non-hydrogen) atoms. The predicted octanol–water partition coefficient (Wildman–Crippen LogP) is 0.803. The molecule has 2 N–H and O–H groups in total. The Hall–Kier alpha value is -1.59. The monoisotopic (exact) mass is 271 g/mol. The van der Waals surface area contributed by atoms with Crippen molar-refractivity contribution < 1.29 is 24.2 Å². The lowest BCUT2D eigenvalue weighted by molar-refractivity contribution is -0.146. The van der Waals surface area contributed by atoms with Crippen LogP contribution in [0.2, 0.25) is 0 Å². The van der Waals surface area contributed by atoms with Crippen LogP contribution >= 0.6 is 0 Å². The zero-order valence-corrected chi connectivity index (χ0v) is 11.3. The molecule has 1 aliphatic rings. The Labute approximate surface area is 112 Å². The van der Waals surface area contributed by atoms with Gasteiger partial charge in [-0.3, -0.25) is 14.4 Å². The highest BCUT2D eigenvalue weighted by molar-refractivity contribution is 5.85. The van der Waals surface area contributed by atoms with E-state index in [1.54, 1.807) is 0 Å². The summed E-state index contributed by atoms with van der Waals surface area (Å²) in [6.07, 6.45) is 2.15. The number of carboxylic acids is 1. The molecule has 6 nitrogen and oxygen atoms in total. The number of amides is 1. The number of ether oxygens (including phenoxy) is 1. The number of carbonyl (C=O) groups excluding carboxylic acids is 2. The van der Waals surface area contributed by atoms with Crippen LogP contribution in [0.15, 0.2) is 0 Å². The van der Waals surface area contributed by atoms with E-state index in [4.69, 9.17) is 5.11 Å². The SMILES string of the molecule is CCC1C[C@H](C(=O)NCCC(=O)OC)[C@H](C(=O)O)C1. The first-order valence-electron chi connectivity index (χ1n) is 6.56. The summed E-state index contributed by atoms with van der Waals surface area (Å²) >= 11 is 0. The summed E-state index contributed by atoms with van der Waals surface area (Å²) < 4.78 is 4.47. The zero-order chi connectivity index (χ0) is 14.4. The second-order valence-electron chi connectivity index (χ2n) is 4.91. The normalized spacial score (nSPS) is 25.9. The first kappa shape index (κ1) is 15.5. The molecule has 0 heterocycles. The van der Waals surface area contributed by atoms with Crippen LogP contribution in [0.25, 0.3) is 0 Å². The first-order valence-corrected chi connectivity index (χ1v) is 6.56. The second kappa shape index (κ2) is 7.11. The van der Waals surface area contributed by atoms with E-state index in [2.05, 4.69) is 10.1 Å². The Morgan fingerprint density at radius 3 is 2.42 bits per heavy atom. The predicted molar refractivity (Wildman–Crippen MR) is 67.3 cm³/mol. The molecule has 0 aromatic carbocycles. The van der Waals surface area contributed by atoms with Crippen molar-refractivity contribution in [1.82, 2.24) is 5.32 Å². The average molecular weight is 271 g/mol. The van der Waals surface area contributed by atoms with Gasteiger partial charge in [-0.05, 0) is 18.8 Å². The van der Waals surface area contributed by atoms with E-state index >= 15 is 0 Å². The van der Waals surface area contributed by atoms with Gasteiger partial charge in [0.05, 0.1) is 25.4 Å². The third-order valence-corrected chi connectivity index (χ3v) is 3.75. The van der Waals surface area contributed by atoms with Crippen molar-refractivity contribution in [1.29, 1.82) is 0 Å². The number of nitrogens with one attached hydrogen (secondary N) is 1. The van der Waals surface area contributed by atoms with Gasteiger partial charge in [-0.1, -0.05) is 13.3 Å². The smallest absolute Gasteiger partial charge is 0.307 e. The molecule has 1 fully saturated rings. The first-order chi connectivity index (χ1) is 8.99. The van der Waals surface area contributed by atoms with E-state index in [-0.39, 0.29) is 24.8 Å². The van der Waals surface area contributed by atoms with Crippen molar-refractivity contribution in [3.63, 3.8) is 0 Å². The van der Waals surface area contributed by atoms with Crippen LogP contribution < -0.4 is 5.32 Å². The molecule has 1 aliphatic carbocycles. The number of methoxy groups -OCH3 is 1. The Morgan fingerprint density at radius 2 is 1.89 bits per heavy atom. The molecular formula is C13H21NO5. The lowest BCUT2D eigenvalue weighted by Gasteiger charge is -2.15. The van der Waals surface area contributed by atoms with Gasteiger partial charge in [0, 0.05) is 6.54 Å². The lowest BCUT2D eigenvalue weighted by Crippen LogP contribution is -2.36. The summed E-state index contributed by atoms with van der Waals surface area (Å²) in [6, 6.07) is 0. The van der Waals surface area contributed by atoms with Crippen LogP contribution in [-0.2, 0) is 19.1 Å². The standard InChI is InChI=1S/C13H21NO5/c1-3-8-6-9(10(7-8)13(17)18)12(16)14-5-4-11(15)19-2/h8-10H,3-7H2,1-2H3,(H,14,16)(H,17,18)/t8?,9-,10+/m0/s1. The fourth-order valence-corrected chi connectivity index (χ4v) is 2.56. The van der Waals surface area contributed by atoms with Gasteiger partial charge in [0.25, 0.3) is 0 Å². The minimum absolute atomic E-state index is 0.101. The molecular weight excluding hydrogens is 250 g/mol. The number of hydrogen-bond donors (Lipinski definition) is 2. The van der Waals surface area contributed by atoms with E-state index < -0.39 is 23.8 Å². The van der Waals surface area contributed by atoms with E-state index in [1.165, 1.54) is 7.11 Å². The van der Waals surface area contributed by atoms with Gasteiger partial charge in [-0.15, -0.1) is 0 Å². The summed E-state index contributed by atoms with van der Waals surface area (Å²) in [4.78, 5) is 34.0. The van der Waals surface area contributed by atoms with Gasteiger partial charge < -0.3 is 15.2 Å². The van der Waals surface area contributed by atoms with Crippen LogP contribution in [0.4, 0.5) is 0 Å². The van der Waals surface area contributed by atoms with Crippen LogP contribution in [0, 0.1) is 17.8 Å². The lowest BCUT2D eigenvalue weighted by atomic mass is 9.95. The van der Waals surface area contributed by atoms with E-state index in [0.29, 0.717) is 12.8 Å².